The van der Waals surface area contributed by atoms with Crippen LogP contribution in [0.5, 0.6) is 0 Å². The molecule has 4 rings (SSSR count). The Hall–Kier alpha value is -2.15. The van der Waals surface area contributed by atoms with Crippen molar-refractivity contribution < 1.29 is 19.4 Å². The van der Waals surface area contributed by atoms with Crippen molar-refractivity contribution in [3.63, 3.8) is 0 Å². The molecule has 1 N–H and O–H groups in total. The molecule has 2 aliphatic heterocycles. The molecule has 1 amide bonds. The molecule has 0 bridgehead atoms. The summed E-state index contributed by atoms with van der Waals surface area (Å²) in [6, 6.07) is 13.2. The Morgan fingerprint density at radius 3 is 2.45 bits per heavy atom. The van der Waals surface area contributed by atoms with E-state index in [1.807, 2.05) is 24.3 Å². The number of amides is 1. The molecule has 29 heavy (non-hydrogen) atoms. The normalized spacial score (nSPS) is 23.7. The number of aliphatic hydroxyl groups excluding tert-OH is 1. The number of ether oxygens (including phenoxy) is 1. The fraction of sp³-hybridized carbons (Fsp3) is 0.273. The Kier molecular flexibility index (Phi) is 5.76. The molecule has 0 unspecified atom stereocenters. The van der Waals surface area contributed by atoms with Gasteiger partial charge in [0, 0.05) is 28.2 Å². The largest absolute Gasteiger partial charge is 0.507 e. The van der Waals surface area contributed by atoms with Crippen molar-refractivity contribution in [1.82, 2.24) is 4.90 Å². The first-order valence-corrected chi connectivity index (χ1v) is 10.5. The molecule has 2 aromatic carbocycles. The Balaban J connectivity index is 1.81. The molecule has 2 atom stereocenters. The van der Waals surface area contributed by atoms with E-state index in [1.165, 1.54) is 4.90 Å². The first kappa shape index (κ1) is 20.1. The summed E-state index contributed by atoms with van der Waals surface area (Å²) in [4.78, 5) is 27.3. The van der Waals surface area contributed by atoms with E-state index in [2.05, 4.69) is 15.9 Å². The molecule has 2 aliphatic rings. The number of Topliss-reactive ketones (excluding diaryl/α,β-unsaturated/α-hetero) is 1. The van der Waals surface area contributed by atoms with Crippen LogP contribution in [0.15, 0.2) is 58.6 Å². The fourth-order valence-electron chi connectivity index (χ4n) is 3.83. The molecule has 0 saturated carbocycles. The SMILES string of the molecule is O=C1C(=O)N(C[C@H]2CCCO2)[C@@H](c2ccc(Br)cc2)/C1=C(\O)c1ccc(Cl)cc1. The van der Waals surface area contributed by atoms with Crippen molar-refractivity contribution in [3.05, 3.63) is 74.7 Å². The number of likely N-dealkylation sites (tertiary alicyclic amines) is 1. The highest BCUT2D eigenvalue weighted by Crippen LogP contribution is 2.40. The number of aliphatic hydroxyl groups is 1. The van der Waals surface area contributed by atoms with Crippen LogP contribution in [0.2, 0.25) is 5.02 Å². The predicted octanol–water partition coefficient (Wildman–Crippen LogP) is 4.70. The van der Waals surface area contributed by atoms with Gasteiger partial charge in [0.15, 0.2) is 0 Å². The lowest BCUT2D eigenvalue weighted by molar-refractivity contribution is -0.140. The van der Waals surface area contributed by atoms with Crippen LogP contribution in [0.3, 0.4) is 0 Å². The van der Waals surface area contributed by atoms with Crippen molar-refractivity contribution in [3.8, 4) is 0 Å². The molecule has 0 radical (unpaired) electrons. The third kappa shape index (κ3) is 3.97. The number of nitrogens with zero attached hydrogens (tertiary/aromatic N) is 1. The number of halogens is 2. The molecule has 2 aromatic rings. The Labute approximate surface area is 182 Å². The van der Waals surface area contributed by atoms with Gasteiger partial charge in [-0.25, -0.2) is 0 Å². The molecule has 2 fully saturated rings. The highest BCUT2D eigenvalue weighted by Gasteiger charge is 2.47. The van der Waals surface area contributed by atoms with Gasteiger partial charge in [-0.1, -0.05) is 39.7 Å². The first-order valence-electron chi connectivity index (χ1n) is 9.37. The monoisotopic (exact) mass is 475 g/mol. The van der Waals surface area contributed by atoms with Gasteiger partial charge in [-0.3, -0.25) is 9.59 Å². The minimum atomic E-state index is -0.691. The lowest BCUT2D eigenvalue weighted by atomic mass is 9.95. The van der Waals surface area contributed by atoms with Crippen LogP contribution in [0.4, 0.5) is 0 Å². The van der Waals surface area contributed by atoms with Crippen LogP contribution in [0, 0.1) is 0 Å². The number of hydrogen-bond acceptors (Lipinski definition) is 4. The van der Waals surface area contributed by atoms with Crippen LogP contribution in [-0.2, 0) is 14.3 Å². The average Bonchev–Trinajstić information content (AvgIpc) is 3.31. The fourth-order valence-corrected chi connectivity index (χ4v) is 4.22. The van der Waals surface area contributed by atoms with Gasteiger partial charge >= 0.3 is 0 Å². The van der Waals surface area contributed by atoms with Gasteiger partial charge in [-0.05, 0) is 54.8 Å². The molecule has 7 heteroatoms. The second-order valence-electron chi connectivity index (χ2n) is 7.14. The smallest absolute Gasteiger partial charge is 0.295 e. The van der Waals surface area contributed by atoms with E-state index in [-0.39, 0.29) is 17.4 Å². The van der Waals surface area contributed by atoms with Gasteiger partial charge in [0.25, 0.3) is 11.7 Å². The number of benzene rings is 2. The number of carbonyl (C=O) groups excluding carboxylic acids is 2. The number of ketones is 1. The van der Waals surface area contributed by atoms with Crippen LogP contribution >= 0.6 is 27.5 Å². The molecule has 0 aliphatic carbocycles. The van der Waals surface area contributed by atoms with Crippen molar-refractivity contribution in [2.24, 2.45) is 0 Å². The third-order valence-corrected chi connectivity index (χ3v) is 6.05. The van der Waals surface area contributed by atoms with E-state index < -0.39 is 17.7 Å². The van der Waals surface area contributed by atoms with Crippen molar-refractivity contribution in [2.45, 2.75) is 25.0 Å². The molecule has 0 aromatic heterocycles. The van der Waals surface area contributed by atoms with E-state index >= 15 is 0 Å². The molecule has 2 saturated heterocycles. The summed E-state index contributed by atoms with van der Waals surface area (Å²) in [6.45, 7) is 0.963. The molecular formula is C22H19BrClNO4. The van der Waals surface area contributed by atoms with Crippen molar-refractivity contribution in [1.29, 1.82) is 0 Å². The van der Waals surface area contributed by atoms with Gasteiger partial charge in [0.05, 0.1) is 17.7 Å². The number of carbonyl (C=O) groups is 2. The maximum absolute atomic E-state index is 12.9. The maximum Gasteiger partial charge on any atom is 0.295 e. The van der Waals surface area contributed by atoms with Crippen LogP contribution in [-0.4, -0.2) is 41.0 Å². The Morgan fingerprint density at radius 2 is 1.83 bits per heavy atom. The first-order chi connectivity index (χ1) is 14.0. The van der Waals surface area contributed by atoms with Crippen LogP contribution in [0.25, 0.3) is 5.76 Å². The van der Waals surface area contributed by atoms with Gasteiger partial charge in [0.1, 0.15) is 5.76 Å². The Morgan fingerprint density at radius 1 is 1.14 bits per heavy atom. The van der Waals surface area contributed by atoms with Gasteiger partial charge < -0.3 is 14.7 Å². The summed E-state index contributed by atoms with van der Waals surface area (Å²) in [5.41, 5.74) is 1.27. The minimum Gasteiger partial charge on any atom is -0.507 e. The summed E-state index contributed by atoms with van der Waals surface area (Å²) in [6.07, 6.45) is 1.66. The zero-order valence-electron chi connectivity index (χ0n) is 15.5. The van der Waals surface area contributed by atoms with Crippen molar-refractivity contribution >= 4 is 45.0 Å². The summed E-state index contributed by atoms with van der Waals surface area (Å²) in [7, 11) is 0. The molecule has 5 nitrogen and oxygen atoms in total. The summed E-state index contributed by atoms with van der Waals surface area (Å²) < 4.78 is 6.57. The zero-order chi connectivity index (χ0) is 20.5. The van der Waals surface area contributed by atoms with Crippen molar-refractivity contribution in [2.75, 3.05) is 13.2 Å². The molecule has 2 heterocycles. The average molecular weight is 477 g/mol. The maximum atomic E-state index is 12.9. The van der Waals surface area contributed by atoms with Crippen LogP contribution in [0.1, 0.15) is 30.0 Å². The predicted molar refractivity (Wildman–Crippen MR) is 114 cm³/mol. The standard InChI is InChI=1S/C22H19BrClNO4/c23-15-7-3-13(4-8-15)19-18(20(26)14-5-9-16(24)10-6-14)21(27)22(28)25(19)12-17-2-1-11-29-17/h3-10,17,19,26H,1-2,11-12H2/b20-18+/t17-,19+/m1/s1. The van der Waals surface area contributed by atoms with Gasteiger partial charge in [0.2, 0.25) is 0 Å². The lowest BCUT2D eigenvalue weighted by Gasteiger charge is -2.27. The number of rotatable bonds is 4. The van der Waals surface area contributed by atoms with E-state index in [4.69, 9.17) is 16.3 Å². The second kappa shape index (κ2) is 8.30. The van der Waals surface area contributed by atoms with Crippen LogP contribution < -0.4 is 0 Å². The van der Waals surface area contributed by atoms with E-state index in [1.54, 1.807) is 24.3 Å². The minimum absolute atomic E-state index is 0.0811. The highest BCUT2D eigenvalue weighted by atomic mass is 79.9. The number of hydrogen-bond donors (Lipinski definition) is 1. The second-order valence-corrected chi connectivity index (χ2v) is 8.50. The van der Waals surface area contributed by atoms with E-state index in [9.17, 15) is 14.7 Å². The van der Waals surface area contributed by atoms with E-state index in [0.717, 1.165) is 22.9 Å². The lowest BCUT2D eigenvalue weighted by Crippen LogP contribution is -2.36. The molecule has 150 valence electrons. The van der Waals surface area contributed by atoms with Gasteiger partial charge in [-0.2, -0.15) is 0 Å². The molecule has 0 spiro atoms. The molecular weight excluding hydrogens is 458 g/mol. The Bertz CT molecular complexity index is 965. The summed E-state index contributed by atoms with van der Waals surface area (Å²) >= 11 is 9.35. The third-order valence-electron chi connectivity index (χ3n) is 5.27. The quantitative estimate of drug-likeness (QED) is 0.394. The highest BCUT2D eigenvalue weighted by molar-refractivity contribution is 9.10. The van der Waals surface area contributed by atoms with E-state index in [0.29, 0.717) is 23.7 Å². The zero-order valence-corrected chi connectivity index (χ0v) is 17.8. The summed E-state index contributed by atoms with van der Waals surface area (Å²) in [5.74, 6) is -1.52. The van der Waals surface area contributed by atoms with Gasteiger partial charge in [-0.15, -0.1) is 0 Å². The summed E-state index contributed by atoms with van der Waals surface area (Å²) in [5, 5.41) is 11.5. The topological polar surface area (TPSA) is 66.8 Å².